The Morgan fingerprint density at radius 2 is 1.74 bits per heavy atom. The maximum Gasteiger partial charge on any atom is 0.416 e. The number of hydrogen-bond donors (Lipinski definition) is 1. The molecule has 1 N–H and O–H groups in total. The zero-order valence-corrected chi connectivity index (χ0v) is 12.6. The fourth-order valence-electron chi connectivity index (χ4n) is 2.07. The van der Waals surface area contributed by atoms with Gasteiger partial charge in [-0.2, -0.15) is 13.2 Å². The van der Waals surface area contributed by atoms with Crippen molar-refractivity contribution in [3.8, 4) is 11.3 Å². The average Bonchev–Trinajstić information content (AvgIpc) is 3.07. The molecule has 0 saturated heterocycles. The van der Waals surface area contributed by atoms with Crippen molar-refractivity contribution in [1.29, 1.82) is 0 Å². The molecule has 3 aromatic rings. The van der Waals surface area contributed by atoms with Gasteiger partial charge in [0.1, 0.15) is 5.76 Å². The van der Waals surface area contributed by atoms with E-state index >= 15 is 0 Å². The Balaban J connectivity index is 1.80. The number of para-hydroxylation sites is 1. The topological polar surface area (TPSA) is 25.2 Å². The van der Waals surface area contributed by atoms with E-state index in [0.29, 0.717) is 10.7 Å². The van der Waals surface area contributed by atoms with E-state index in [9.17, 15) is 13.2 Å². The number of rotatable bonds is 4. The molecule has 0 amide bonds. The Bertz CT molecular complexity index is 785. The molecular weight excluding hydrogens is 323 g/mol. The molecule has 0 saturated carbocycles. The lowest BCUT2D eigenvalue weighted by Gasteiger charge is -2.11. The smallest absolute Gasteiger partial charge is 0.416 e. The van der Waals surface area contributed by atoms with Gasteiger partial charge in [-0.15, -0.1) is 0 Å². The van der Waals surface area contributed by atoms with Crippen molar-refractivity contribution in [2.75, 3.05) is 4.72 Å². The third-order valence-corrected chi connectivity index (χ3v) is 3.97. The van der Waals surface area contributed by atoms with Crippen LogP contribution in [0.2, 0.25) is 0 Å². The Morgan fingerprint density at radius 1 is 0.913 bits per heavy atom. The van der Waals surface area contributed by atoms with Gasteiger partial charge < -0.3 is 9.14 Å². The van der Waals surface area contributed by atoms with Crippen LogP contribution in [0.15, 0.2) is 76.2 Å². The average molecular weight is 335 g/mol. The summed E-state index contributed by atoms with van der Waals surface area (Å²) in [6, 6.07) is 16.3. The van der Waals surface area contributed by atoms with Crippen LogP contribution in [0.4, 0.5) is 18.9 Å². The standard InChI is InChI=1S/C17H12F3NOS/c18-17(19,20)12-5-3-6-13(11-12)23-21-15-8-2-1-7-14(15)16-9-4-10-22-16/h1-11,21H. The quantitative estimate of drug-likeness (QED) is 0.585. The van der Waals surface area contributed by atoms with E-state index in [1.54, 1.807) is 18.4 Å². The predicted octanol–water partition coefficient (Wildman–Crippen LogP) is 6.08. The highest BCUT2D eigenvalue weighted by Crippen LogP contribution is 2.34. The van der Waals surface area contributed by atoms with Crippen LogP contribution in [0.5, 0.6) is 0 Å². The van der Waals surface area contributed by atoms with Gasteiger partial charge in [0.05, 0.1) is 17.5 Å². The number of nitrogens with one attached hydrogen (secondary N) is 1. The summed E-state index contributed by atoms with van der Waals surface area (Å²) in [6.07, 6.45) is -2.77. The highest BCUT2D eigenvalue weighted by atomic mass is 32.2. The molecule has 0 radical (unpaired) electrons. The lowest BCUT2D eigenvalue weighted by Crippen LogP contribution is -2.04. The van der Waals surface area contributed by atoms with Crippen molar-refractivity contribution < 1.29 is 17.6 Å². The zero-order chi connectivity index (χ0) is 16.3. The molecule has 0 unspecified atom stereocenters. The highest BCUT2D eigenvalue weighted by Gasteiger charge is 2.30. The van der Waals surface area contributed by atoms with Gasteiger partial charge in [-0.3, -0.25) is 0 Å². The molecule has 6 heteroatoms. The third-order valence-electron chi connectivity index (χ3n) is 3.15. The molecule has 0 aliphatic heterocycles. The van der Waals surface area contributed by atoms with E-state index in [1.165, 1.54) is 6.07 Å². The molecule has 0 aliphatic carbocycles. The normalized spacial score (nSPS) is 11.4. The van der Waals surface area contributed by atoms with E-state index in [-0.39, 0.29) is 0 Å². The van der Waals surface area contributed by atoms with Crippen LogP contribution < -0.4 is 4.72 Å². The van der Waals surface area contributed by atoms with Crippen LogP contribution in [0.25, 0.3) is 11.3 Å². The minimum absolute atomic E-state index is 0.481. The van der Waals surface area contributed by atoms with Gasteiger partial charge in [0, 0.05) is 10.5 Å². The SMILES string of the molecule is FC(F)(F)c1cccc(SNc2ccccc2-c2ccco2)c1. The fraction of sp³-hybridized carbons (Fsp3) is 0.0588. The minimum Gasteiger partial charge on any atom is -0.464 e. The zero-order valence-electron chi connectivity index (χ0n) is 11.8. The third kappa shape index (κ3) is 3.71. The second-order valence-corrected chi connectivity index (χ2v) is 5.63. The molecule has 118 valence electrons. The maximum absolute atomic E-state index is 12.7. The van der Waals surface area contributed by atoms with E-state index in [1.807, 2.05) is 30.3 Å². The second kappa shape index (κ2) is 6.42. The van der Waals surface area contributed by atoms with E-state index in [2.05, 4.69) is 4.72 Å². The molecule has 0 aliphatic rings. The Labute approximate surface area is 135 Å². The van der Waals surface area contributed by atoms with Gasteiger partial charge in [-0.1, -0.05) is 18.2 Å². The number of hydrogen-bond acceptors (Lipinski definition) is 3. The van der Waals surface area contributed by atoms with Crippen LogP contribution in [0.1, 0.15) is 5.56 Å². The summed E-state index contributed by atoms with van der Waals surface area (Å²) in [6.45, 7) is 0. The molecule has 0 atom stereocenters. The van der Waals surface area contributed by atoms with E-state index < -0.39 is 11.7 Å². The summed E-state index contributed by atoms with van der Waals surface area (Å²) < 4.78 is 46.7. The summed E-state index contributed by atoms with van der Waals surface area (Å²) in [4.78, 5) is 0.481. The number of furan rings is 1. The first-order valence-electron chi connectivity index (χ1n) is 6.77. The fourth-order valence-corrected chi connectivity index (χ4v) is 2.81. The van der Waals surface area contributed by atoms with Crippen molar-refractivity contribution >= 4 is 17.6 Å². The van der Waals surface area contributed by atoms with Crippen LogP contribution in [0.3, 0.4) is 0 Å². The van der Waals surface area contributed by atoms with Crippen molar-refractivity contribution in [2.24, 2.45) is 0 Å². The van der Waals surface area contributed by atoms with Gasteiger partial charge in [0.15, 0.2) is 0 Å². The van der Waals surface area contributed by atoms with Crippen LogP contribution in [-0.4, -0.2) is 0 Å². The summed E-state index contributed by atoms with van der Waals surface area (Å²) in [7, 11) is 0. The Hall–Kier alpha value is -2.34. The summed E-state index contributed by atoms with van der Waals surface area (Å²) >= 11 is 1.12. The molecule has 0 spiro atoms. The summed E-state index contributed by atoms with van der Waals surface area (Å²) in [5.74, 6) is 0.692. The first kappa shape index (κ1) is 15.6. The van der Waals surface area contributed by atoms with Crippen molar-refractivity contribution in [1.82, 2.24) is 0 Å². The van der Waals surface area contributed by atoms with E-state index in [4.69, 9.17) is 4.42 Å². The number of alkyl halides is 3. The minimum atomic E-state index is -4.34. The van der Waals surface area contributed by atoms with Crippen LogP contribution in [-0.2, 0) is 6.18 Å². The molecule has 2 aromatic carbocycles. The summed E-state index contributed by atoms with van der Waals surface area (Å²) in [5, 5.41) is 0. The number of anilines is 1. The summed E-state index contributed by atoms with van der Waals surface area (Å²) in [5.41, 5.74) is 0.949. The van der Waals surface area contributed by atoms with Crippen LogP contribution >= 0.6 is 11.9 Å². The first-order valence-corrected chi connectivity index (χ1v) is 7.59. The monoisotopic (exact) mass is 335 g/mol. The first-order chi connectivity index (χ1) is 11.0. The predicted molar refractivity (Wildman–Crippen MR) is 85.1 cm³/mol. The van der Waals surface area contributed by atoms with Crippen molar-refractivity contribution in [3.63, 3.8) is 0 Å². The molecule has 1 heterocycles. The molecule has 0 fully saturated rings. The van der Waals surface area contributed by atoms with Crippen LogP contribution in [0, 0.1) is 0 Å². The van der Waals surface area contributed by atoms with Gasteiger partial charge >= 0.3 is 6.18 Å². The molecule has 0 bridgehead atoms. The van der Waals surface area contributed by atoms with Gasteiger partial charge in [-0.05, 0) is 54.4 Å². The van der Waals surface area contributed by atoms with Gasteiger partial charge in [-0.25, -0.2) is 0 Å². The molecule has 2 nitrogen and oxygen atoms in total. The number of benzene rings is 2. The molecule has 23 heavy (non-hydrogen) atoms. The lowest BCUT2D eigenvalue weighted by atomic mass is 10.1. The Morgan fingerprint density at radius 3 is 2.48 bits per heavy atom. The van der Waals surface area contributed by atoms with Crippen molar-refractivity contribution in [3.05, 3.63) is 72.5 Å². The number of halogens is 3. The van der Waals surface area contributed by atoms with Gasteiger partial charge in [0.25, 0.3) is 0 Å². The highest BCUT2D eigenvalue weighted by molar-refractivity contribution is 8.00. The lowest BCUT2D eigenvalue weighted by molar-refractivity contribution is -0.137. The molecular formula is C17H12F3NOS. The Kier molecular flexibility index (Phi) is 4.34. The largest absolute Gasteiger partial charge is 0.464 e. The van der Waals surface area contributed by atoms with E-state index in [0.717, 1.165) is 35.3 Å². The maximum atomic E-state index is 12.7. The van der Waals surface area contributed by atoms with Gasteiger partial charge in [0.2, 0.25) is 0 Å². The molecule has 3 rings (SSSR count). The van der Waals surface area contributed by atoms with Crippen molar-refractivity contribution in [2.45, 2.75) is 11.1 Å². The second-order valence-electron chi connectivity index (χ2n) is 4.75. The molecule has 1 aromatic heterocycles.